The number of hydrogen-bond acceptors (Lipinski definition) is 3. The third kappa shape index (κ3) is 5.44. The molecule has 0 aromatic heterocycles. The van der Waals surface area contributed by atoms with E-state index in [0.717, 1.165) is 17.9 Å². The first-order chi connectivity index (χ1) is 5.22. The molecular formula is C7H14O2S2. The first-order valence-corrected chi connectivity index (χ1v) is 5.42. The van der Waals surface area contributed by atoms with Crippen molar-refractivity contribution in [2.24, 2.45) is 5.92 Å². The first-order valence-electron chi connectivity index (χ1n) is 3.63. The van der Waals surface area contributed by atoms with E-state index in [0.29, 0.717) is 5.75 Å². The number of hydrogen-bond donors (Lipinski definition) is 2. The van der Waals surface area contributed by atoms with Crippen LogP contribution in [0.4, 0.5) is 0 Å². The van der Waals surface area contributed by atoms with Gasteiger partial charge < -0.3 is 5.11 Å². The van der Waals surface area contributed by atoms with Gasteiger partial charge in [-0.2, -0.15) is 24.4 Å². The van der Waals surface area contributed by atoms with Crippen molar-refractivity contribution >= 4 is 30.4 Å². The maximum atomic E-state index is 10.5. The monoisotopic (exact) mass is 194 g/mol. The molecular weight excluding hydrogens is 180 g/mol. The van der Waals surface area contributed by atoms with Crippen molar-refractivity contribution in [3.05, 3.63) is 0 Å². The summed E-state index contributed by atoms with van der Waals surface area (Å²) in [7, 11) is 0. The molecule has 1 unspecified atom stereocenters. The molecule has 0 aliphatic rings. The normalized spacial score (nSPS) is 12.9. The predicted molar refractivity (Wildman–Crippen MR) is 52.6 cm³/mol. The highest BCUT2D eigenvalue weighted by molar-refractivity contribution is 7.99. The Balaban J connectivity index is 3.44. The van der Waals surface area contributed by atoms with E-state index in [-0.39, 0.29) is 5.92 Å². The lowest BCUT2D eigenvalue weighted by atomic mass is 10.1. The quantitative estimate of drug-likeness (QED) is 0.500. The van der Waals surface area contributed by atoms with Crippen LogP contribution in [0.2, 0.25) is 0 Å². The molecule has 1 N–H and O–H groups in total. The van der Waals surface area contributed by atoms with Gasteiger partial charge in [-0.3, -0.25) is 4.79 Å². The molecule has 11 heavy (non-hydrogen) atoms. The zero-order chi connectivity index (χ0) is 8.69. The molecule has 0 saturated heterocycles. The zero-order valence-electron chi connectivity index (χ0n) is 6.62. The minimum Gasteiger partial charge on any atom is -0.481 e. The highest BCUT2D eigenvalue weighted by atomic mass is 32.2. The second kappa shape index (κ2) is 6.85. The summed E-state index contributed by atoms with van der Waals surface area (Å²) < 4.78 is 0. The summed E-state index contributed by atoms with van der Waals surface area (Å²) in [6, 6.07) is 0. The number of carboxylic acids is 1. The Kier molecular flexibility index (Phi) is 6.96. The van der Waals surface area contributed by atoms with Crippen molar-refractivity contribution in [2.45, 2.75) is 13.3 Å². The highest BCUT2D eigenvalue weighted by Crippen LogP contribution is 2.10. The van der Waals surface area contributed by atoms with Gasteiger partial charge in [-0.25, -0.2) is 0 Å². The maximum Gasteiger partial charge on any atom is 0.307 e. The predicted octanol–water partition coefficient (Wildman–Crippen LogP) is 1.76. The maximum absolute atomic E-state index is 10.5. The molecule has 0 fully saturated rings. The van der Waals surface area contributed by atoms with E-state index in [4.69, 9.17) is 5.11 Å². The van der Waals surface area contributed by atoms with Crippen LogP contribution in [0.3, 0.4) is 0 Å². The summed E-state index contributed by atoms with van der Waals surface area (Å²) in [6.45, 7) is 2.07. The minimum absolute atomic E-state index is 0.266. The van der Waals surface area contributed by atoms with Gasteiger partial charge in [0.05, 0.1) is 5.92 Å². The molecule has 0 aliphatic heterocycles. The van der Waals surface area contributed by atoms with Gasteiger partial charge in [0, 0.05) is 5.75 Å². The zero-order valence-corrected chi connectivity index (χ0v) is 8.33. The molecule has 0 saturated carbocycles. The van der Waals surface area contributed by atoms with Crippen LogP contribution in [-0.4, -0.2) is 28.3 Å². The van der Waals surface area contributed by atoms with Crippen LogP contribution in [-0.2, 0) is 4.79 Å². The summed E-state index contributed by atoms with van der Waals surface area (Å²) in [6.07, 6.45) is 0.733. The lowest BCUT2D eigenvalue weighted by Gasteiger charge is -2.07. The van der Waals surface area contributed by atoms with Crippen LogP contribution in [0, 0.1) is 5.92 Å². The average Bonchev–Trinajstić information content (AvgIpc) is 1.97. The molecule has 0 heterocycles. The Labute approximate surface area is 77.2 Å². The van der Waals surface area contributed by atoms with E-state index >= 15 is 0 Å². The fraction of sp³-hybridized carbons (Fsp3) is 0.857. The number of carbonyl (C=O) groups is 1. The van der Waals surface area contributed by atoms with E-state index in [2.05, 4.69) is 19.6 Å². The van der Waals surface area contributed by atoms with E-state index in [1.54, 1.807) is 11.8 Å². The highest BCUT2D eigenvalue weighted by Gasteiger charge is 2.13. The van der Waals surface area contributed by atoms with Crippen LogP contribution in [0.5, 0.6) is 0 Å². The van der Waals surface area contributed by atoms with Crippen molar-refractivity contribution in [3.8, 4) is 0 Å². The SMILES string of the molecule is CCSCCC(CS)C(=O)O. The van der Waals surface area contributed by atoms with Gasteiger partial charge in [0.15, 0.2) is 0 Å². The molecule has 1 atom stereocenters. The van der Waals surface area contributed by atoms with Crippen LogP contribution < -0.4 is 0 Å². The van der Waals surface area contributed by atoms with E-state index < -0.39 is 5.97 Å². The van der Waals surface area contributed by atoms with Gasteiger partial charge in [0.1, 0.15) is 0 Å². The third-order valence-corrected chi connectivity index (χ3v) is 2.76. The Bertz CT molecular complexity index is 117. The van der Waals surface area contributed by atoms with Crippen molar-refractivity contribution in [3.63, 3.8) is 0 Å². The van der Waals surface area contributed by atoms with Gasteiger partial charge in [0.2, 0.25) is 0 Å². The summed E-state index contributed by atoms with van der Waals surface area (Å²) in [5, 5.41) is 8.61. The molecule has 4 heteroatoms. The summed E-state index contributed by atoms with van der Waals surface area (Å²) in [4.78, 5) is 10.5. The fourth-order valence-corrected chi connectivity index (χ4v) is 1.74. The van der Waals surface area contributed by atoms with Crippen LogP contribution >= 0.6 is 24.4 Å². The smallest absolute Gasteiger partial charge is 0.307 e. The summed E-state index contributed by atoms with van der Waals surface area (Å²) in [5.74, 6) is 1.43. The van der Waals surface area contributed by atoms with Crippen molar-refractivity contribution in [1.82, 2.24) is 0 Å². The Morgan fingerprint density at radius 3 is 2.73 bits per heavy atom. The van der Waals surface area contributed by atoms with Crippen molar-refractivity contribution in [1.29, 1.82) is 0 Å². The lowest BCUT2D eigenvalue weighted by molar-refractivity contribution is -0.140. The standard InChI is InChI=1S/C7H14O2S2/c1-2-11-4-3-6(5-10)7(8)9/h6,10H,2-5H2,1H3,(H,8,9). The average molecular weight is 194 g/mol. The molecule has 0 aromatic carbocycles. The van der Waals surface area contributed by atoms with Crippen molar-refractivity contribution in [2.75, 3.05) is 17.3 Å². The fourth-order valence-electron chi connectivity index (χ4n) is 0.663. The lowest BCUT2D eigenvalue weighted by Crippen LogP contribution is -2.16. The second-order valence-corrected chi connectivity index (χ2v) is 3.96. The van der Waals surface area contributed by atoms with Crippen molar-refractivity contribution < 1.29 is 9.90 Å². The van der Waals surface area contributed by atoms with Gasteiger partial charge in [0.25, 0.3) is 0 Å². The van der Waals surface area contributed by atoms with Crippen LogP contribution in [0.25, 0.3) is 0 Å². The van der Waals surface area contributed by atoms with Crippen LogP contribution in [0.15, 0.2) is 0 Å². The molecule has 2 nitrogen and oxygen atoms in total. The van der Waals surface area contributed by atoms with E-state index in [9.17, 15) is 4.79 Å². The minimum atomic E-state index is -0.725. The number of aliphatic carboxylic acids is 1. The third-order valence-electron chi connectivity index (χ3n) is 1.38. The van der Waals surface area contributed by atoms with Gasteiger partial charge in [-0.15, -0.1) is 0 Å². The molecule has 66 valence electrons. The molecule has 0 aromatic rings. The van der Waals surface area contributed by atoms with Gasteiger partial charge in [-0.1, -0.05) is 6.92 Å². The molecule has 0 amide bonds. The van der Waals surface area contributed by atoms with Crippen LogP contribution in [0.1, 0.15) is 13.3 Å². The second-order valence-electron chi connectivity index (χ2n) is 2.20. The van der Waals surface area contributed by atoms with E-state index in [1.807, 2.05) is 0 Å². The summed E-state index contributed by atoms with van der Waals surface area (Å²) >= 11 is 5.74. The number of thiol groups is 1. The van der Waals surface area contributed by atoms with Gasteiger partial charge >= 0.3 is 5.97 Å². The molecule has 0 aliphatic carbocycles. The molecule has 0 radical (unpaired) electrons. The number of thioether (sulfide) groups is 1. The Hall–Kier alpha value is 0.170. The van der Waals surface area contributed by atoms with E-state index in [1.165, 1.54) is 0 Å². The number of rotatable bonds is 6. The molecule has 0 rings (SSSR count). The van der Waals surface area contributed by atoms with Gasteiger partial charge in [-0.05, 0) is 17.9 Å². The Morgan fingerprint density at radius 1 is 1.73 bits per heavy atom. The molecule has 0 bridgehead atoms. The molecule has 0 spiro atoms. The first kappa shape index (κ1) is 11.2. The largest absolute Gasteiger partial charge is 0.481 e. The number of carboxylic acid groups (broad SMARTS) is 1. The topological polar surface area (TPSA) is 37.3 Å². The summed E-state index contributed by atoms with van der Waals surface area (Å²) in [5.41, 5.74) is 0. The Morgan fingerprint density at radius 2 is 2.36 bits per heavy atom.